The van der Waals surface area contributed by atoms with Gasteiger partial charge >= 0.3 is 5.16 Å². The highest BCUT2D eigenvalue weighted by atomic mass is 32.2. The first-order chi connectivity index (χ1) is 12.1. The van der Waals surface area contributed by atoms with E-state index in [4.69, 9.17) is 15.2 Å². The van der Waals surface area contributed by atoms with Gasteiger partial charge in [0, 0.05) is 28.9 Å². The summed E-state index contributed by atoms with van der Waals surface area (Å²) in [6.07, 6.45) is 0.829. The average molecular weight is 359 g/mol. The minimum Gasteiger partial charge on any atom is -0.607 e. The molecule has 3 aromatic rings. The lowest BCUT2D eigenvalue weighted by molar-refractivity contribution is 0.356. The second-order valence-corrected chi connectivity index (χ2v) is 7.03. The number of aryl methyl sites for hydroxylation is 1. The molecule has 25 heavy (non-hydrogen) atoms. The molecule has 3 rings (SSSR count). The number of benzene rings is 2. The number of methoxy groups -OCH3 is 2. The first-order valence-corrected chi connectivity index (χ1v) is 9.16. The molecule has 1 heterocycles. The molecule has 6 nitrogen and oxygen atoms in total. The van der Waals surface area contributed by atoms with Crippen LogP contribution in [0, 0.1) is 0 Å². The van der Waals surface area contributed by atoms with Gasteiger partial charge in [-0.15, -0.1) is 0 Å². The number of hydrogen-bond acceptors (Lipinski definition) is 5. The van der Waals surface area contributed by atoms with Crippen LogP contribution in [0.1, 0.15) is 23.4 Å². The van der Waals surface area contributed by atoms with Crippen LogP contribution >= 0.6 is 0 Å². The van der Waals surface area contributed by atoms with Crippen LogP contribution in [-0.4, -0.2) is 28.7 Å². The number of fused-ring (bicyclic) bond motifs is 1. The minimum atomic E-state index is -1.51. The molecule has 0 saturated heterocycles. The molecule has 0 spiro atoms. The van der Waals surface area contributed by atoms with E-state index in [0.29, 0.717) is 22.2 Å². The molecule has 0 aliphatic heterocycles. The largest absolute Gasteiger partial charge is 0.607 e. The zero-order chi connectivity index (χ0) is 18.0. The Morgan fingerprint density at radius 1 is 1.20 bits per heavy atom. The van der Waals surface area contributed by atoms with Crippen molar-refractivity contribution in [1.82, 2.24) is 9.97 Å². The van der Waals surface area contributed by atoms with Crippen molar-refractivity contribution in [2.45, 2.75) is 23.9 Å². The number of imidazole rings is 1. The van der Waals surface area contributed by atoms with Gasteiger partial charge in [-0.05, 0) is 12.0 Å². The number of hydrogen-bond donors (Lipinski definition) is 2. The van der Waals surface area contributed by atoms with Gasteiger partial charge in [-0.2, -0.15) is 4.98 Å². The van der Waals surface area contributed by atoms with Crippen molar-refractivity contribution >= 4 is 22.2 Å². The van der Waals surface area contributed by atoms with E-state index < -0.39 is 16.5 Å². The number of aromatic nitrogens is 2. The minimum absolute atomic E-state index is 0.337. The van der Waals surface area contributed by atoms with E-state index in [-0.39, 0.29) is 0 Å². The predicted octanol–water partition coefficient (Wildman–Crippen LogP) is 2.91. The Hall–Kier alpha value is -2.22. The maximum atomic E-state index is 12.9. The standard InChI is InChI=1S/C18H21N3O3S/c1-4-11-7-5-6-8-12(11)17(19)25(22)18-20-13-9-15(23-2)16(24-3)10-14(13)21-18/h5-10,17H,4,19H2,1-3H3,(H,20,21). The van der Waals surface area contributed by atoms with Gasteiger partial charge in [-0.25, -0.2) is 0 Å². The molecule has 132 valence electrons. The summed E-state index contributed by atoms with van der Waals surface area (Å²) in [6, 6.07) is 11.3. The third-order valence-corrected chi connectivity index (χ3v) is 5.42. The fourth-order valence-corrected chi connectivity index (χ4v) is 3.88. The number of nitrogens with zero attached hydrogens (tertiary/aromatic N) is 1. The van der Waals surface area contributed by atoms with Crippen molar-refractivity contribution in [2.24, 2.45) is 5.73 Å². The predicted molar refractivity (Wildman–Crippen MR) is 98.4 cm³/mol. The Bertz CT molecular complexity index is 840. The average Bonchev–Trinajstić information content (AvgIpc) is 3.08. The van der Waals surface area contributed by atoms with Crippen molar-refractivity contribution in [3.8, 4) is 11.5 Å². The Morgan fingerprint density at radius 2 is 1.88 bits per heavy atom. The fourth-order valence-electron chi connectivity index (χ4n) is 2.78. The molecule has 2 aromatic carbocycles. The third kappa shape index (κ3) is 3.30. The number of rotatable bonds is 6. The van der Waals surface area contributed by atoms with Crippen LogP contribution in [0.4, 0.5) is 0 Å². The van der Waals surface area contributed by atoms with E-state index in [0.717, 1.165) is 23.1 Å². The Kier molecular flexibility index (Phi) is 5.17. The van der Waals surface area contributed by atoms with Crippen LogP contribution in [-0.2, 0) is 17.6 Å². The molecular weight excluding hydrogens is 338 g/mol. The second kappa shape index (κ2) is 7.35. The number of nitrogens with one attached hydrogen (secondary N) is 1. The molecule has 3 N–H and O–H groups in total. The molecule has 0 radical (unpaired) electrons. The number of ether oxygens (including phenoxy) is 2. The summed E-state index contributed by atoms with van der Waals surface area (Å²) in [6.45, 7) is 2.05. The summed E-state index contributed by atoms with van der Waals surface area (Å²) >= 11 is -1.51. The summed E-state index contributed by atoms with van der Waals surface area (Å²) in [5.74, 6) is 1.15. The molecule has 0 fully saturated rings. The van der Waals surface area contributed by atoms with Gasteiger partial charge in [-0.3, -0.25) is 10.7 Å². The van der Waals surface area contributed by atoms with Crippen LogP contribution in [0.5, 0.6) is 11.5 Å². The van der Waals surface area contributed by atoms with Crippen molar-refractivity contribution in [2.75, 3.05) is 14.2 Å². The Labute approximate surface area is 149 Å². The lowest BCUT2D eigenvalue weighted by atomic mass is 10.1. The topological polar surface area (TPSA) is 96.2 Å². The summed E-state index contributed by atoms with van der Waals surface area (Å²) in [5.41, 5.74) is 9.60. The van der Waals surface area contributed by atoms with Gasteiger partial charge in [0.05, 0.1) is 25.3 Å². The summed E-state index contributed by atoms with van der Waals surface area (Å²) < 4.78 is 23.5. The Morgan fingerprint density at radius 3 is 2.56 bits per heavy atom. The van der Waals surface area contributed by atoms with Gasteiger partial charge in [0.25, 0.3) is 0 Å². The van der Waals surface area contributed by atoms with Crippen LogP contribution in [0.3, 0.4) is 0 Å². The van der Waals surface area contributed by atoms with E-state index in [1.807, 2.05) is 31.2 Å². The van der Waals surface area contributed by atoms with Crippen LogP contribution in [0.2, 0.25) is 0 Å². The molecule has 7 heteroatoms. The number of H-pyrrole nitrogens is 1. The van der Waals surface area contributed by atoms with Crippen LogP contribution in [0.15, 0.2) is 41.6 Å². The smallest absolute Gasteiger partial charge is 0.323 e. The van der Waals surface area contributed by atoms with Crippen LogP contribution < -0.4 is 15.2 Å². The van der Waals surface area contributed by atoms with Crippen molar-refractivity contribution in [3.05, 3.63) is 47.5 Å². The van der Waals surface area contributed by atoms with Crippen molar-refractivity contribution in [1.29, 1.82) is 0 Å². The van der Waals surface area contributed by atoms with E-state index in [1.54, 1.807) is 26.4 Å². The zero-order valence-electron chi connectivity index (χ0n) is 14.4. The summed E-state index contributed by atoms with van der Waals surface area (Å²) in [4.78, 5) is 7.51. The maximum absolute atomic E-state index is 12.9. The molecule has 1 aromatic heterocycles. The zero-order valence-corrected chi connectivity index (χ0v) is 15.2. The first kappa shape index (κ1) is 17.6. The monoisotopic (exact) mass is 359 g/mol. The van der Waals surface area contributed by atoms with E-state index >= 15 is 0 Å². The highest BCUT2D eigenvalue weighted by molar-refractivity contribution is 7.91. The van der Waals surface area contributed by atoms with E-state index in [1.165, 1.54) is 0 Å². The molecular formula is C18H21N3O3S. The molecule has 2 unspecified atom stereocenters. The quantitative estimate of drug-likeness (QED) is 0.660. The van der Waals surface area contributed by atoms with E-state index in [2.05, 4.69) is 9.97 Å². The van der Waals surface area contributed by atoms with E-state index in [9.17, 15) is 4.55 Å². The first-order valence-electron chi connectivity index (χ1n) is 7.94. The summed E-state index contributed by atoms with van der Waals surface area (Å²) in [7, 11) is 3.13. The van der Waals surface area contributed by atoms with Crippen molar-refractivity contribution < 1.29 is 14.0 Å². The van der Waals surface area contributed by atoms with Crippen molar-refractivity contribution in [3.63, 3.8) is 0 Å². The highest BCUT2D eigenvalue weighted by Crippen LogP contribution is 2.33. The van der Waals surface area contributed by atoms with Gasteiger partial charge in [0.2, 0.25) is 0 Å². The van der Waals surface area contributed by atoms with Gasteiger partial charge in [0.15, 0.2) is 16.9 Å². The van der Waals surface area contributed by atoms with Gasteiger partial charge in [0.1, 0.15) is 0 Å². The summed E-state index contributed by atoms with van der Waals surface area (Å²) in [5, 5.41) is -0.316. The fraction of sp³-hybridized carbons (Fsp3) is 0.278. The Balaban J connectivity index is 1.97. The highest BCUT2D eigenvalue weighted by Gasteiger charge is 2.28. The third-order valence-electron chi connectivity index (χ3n) is 4.13. The number of aromatic amines is 1. The molecule has 2 atom stereocenters. The maximum Gasteiger partial charge on any atom is 0.323 e. The number of nitrogens with two attached hydrogens (primary N) is 1. The second-order valence-electron chi connectivity index (χ2n) is 5.54. The van der Waals surface area contributed by atoms with Crippen LogP contribution in [0.25, 0.3) is 11.0 Å². The van der Waals surface area contributed by atoms with Gasteiger partial charge in [-0.1, -0.05) is 31.2 Å². The molecule has 0 amide bonds. The molecule has 0 aliphatic carbocycles. The lowest BCUT2D eigenvalue weighted by Crippen LogP contribution is -2.24. The lowest BCUT2D eigenvalue weighted by Gasteiger charge is -2.17. The molecule has 0 saturated carbocycles. The normalized spacial score (nSPS) is 13.6. The molecule has 0 aliphatic rings. The molecule has 0 bridgehead atoms. The van der Waals surface area contributed by atoms with Gasteiger partial charge < -0.3 is 14.0 Å². The SMILES string of the molecule is CCc1ccccc1C(N)[S+]([O-])c1nc2cc(OC)c(OC)cc2[nH]1.